The second-order valence-electron chi connectivity index (χ2n) is 6.15. The van der Waals surface area contributed by atoms with Gasteiger partial charge in [0.25, 0.3) is 0 Å². The van der Waals surface area contributed by atoms with E-state index in [0.29, 0.717) is 17.8 Å². The lowest BCUT2D eigenvalue weighted by atomic mass is 9.82. The van der Waals surface area contributed by atoms with Crippen molar-refractivity contribution < 1.29 is 4.79 Å². The zero-order valence-corrected chi connectivity index (χ0v) is 12.8. The van der Waals surface area contributed by atoms with Gasteiger partial charge in [0.2, 0.25) is 0 Å². The van der Waals surface area contributed by atoms with Crippen LogP contribution in [-0.2, 0) is 4.79 Å². The maximum Gasteiger partial charge on any atom is 0.145 e. The molecule has 19 heavy (non-hydrogen) atoms. The van der Waals surface area contributed by atoms with Crippen molar-refractivity contribution >= 4 is 12.4 Å². The van der Waals surface area contributed by atoms with Crippen molar-refractivity contribution in [3.63, 3.8) is 0 Å². The molecule has 1 heteroatoms. The summed E-state index contributed by atoms with van der Waals surface area (Å²) in [6.45, 7) is 11.0. The Labute approximate surface area is 117 Å². The second-order valence-corrected chi connectivity index (χ2v) is 6.15. The molecule has 1 atom stereocenters. The molecule has 0 fully saturated rings. The third-order valence-electron chi connectivity index (χ3n) is 3.47. The maximum absolute atomic E-state index is 10.6. The summed E-state index contributed by atoms with van der Waals surface area (Å²) in [6.07, 6.45) is 4.04. The Bertz CT molecular complexity index is 424. The van der Waals surface area contributed by atoms with E-state index in [9.17, 15) is 4.79 Å². The number of hydrogen-bond acceptors (Lipinski definition) is 1. The van der Waals surface area contributed by atoms with E-state index in [2.05, 4.69) is 52.0 Å². The standard InChI is InChI=1S/C18H26O/c1-13(2)10-18(14(3)4)17-8-6-16(7-9-17)11-15(5)12-19/h6-9,11-14,18H,10H2,1-5H3. The van der Waals surface area contributed by atoms with Crippen LogP contribution in [0.15, 0.2) is 29.8 Å². The lowest BCUT2D eigenvalue weighted by Crippen LogP contribution is -2.09. The summed E-state index contributed by atoms with van der Waals surface area (Å²) in [5.74, 6) is 1.98. The fraction of sp³-hybridized carbons (Fsp3) is 0.500. The van der Waals surface area contributed by atoms with Gasteiger partial charge in [0.05, 0.1) is 0 Å². The Morgan fingerprint density at radius 1 is 1.11 bits per heavy atom. The molecule has 0 spiro atoms. The SMILES string of the molecule is CC(C=O)=Cc1ccc(C(CC(C)C)C(C)C)cc1. The molecule has 0 amide bonds. The third-order valence-corrected chi connectivity index (χ3v) is 3.47. The van der Waals surface area contributed by atoms with Crippen LogP contribution in [0.4, 0.5) is 0 Å². The van der Waals surface area contributed by atoms with E-state index in [-0.39, 0.29) is 0 Å². The minimum atomic E-state index is 0.616. The molecule has 0 aromatic heterocycles. The van der Waals surface area contributed by atoms with Gasteiger partial charge in [0, 0.05) is 0 Å². The normalized spacial score (nSPS) is 13.9. The minimum Gasteiger partial charge on any atom is -0.298 e. The molecule has 0 heterocycles. The van der Waals surface area contributed by atoms with Gasteiger partial charge < -0.3 is 0 Å². The quantitative estimate of drug-likeness (QED) is 0.514. The van der Waals surface area contributed by atoms with Crippen LogP contribution >= 0.6 is 0 Å². The van der Waals surface area contributed by atoms with Gasteiger partial charge in [-0.05, 0) is 53.9 Å². The number of hydrogen-bond donors (Lipinski definition) is 0. The fourth-order valence-corrected chi connectivity index (χ4v) is 2.44. The molecule has 0 N–H and O–H groups in total. The Hall–Kier alpha value is -1.37. The molecule has 1 rings (SSSR count). The molecule has 1 aromatic rings. The molecule has 0 radical (unpaired) electrons. The van der Waals surface area contributed by atoms with Crippen LogP contribution in [0.25, 0.3) is 6.08 Å². The number of allylic oxidation sites excluding steroid dienone is 1. The van der Waals surface area contributed by atoms with Gasteiger partial charge in [0.1, 0.15) is 6.29 Å². The highest BCUT2D eigenvalue weighted by Gasteiger charge is 2.16. The molecule has 0 aliphatic rings. The number of aldehydes is 1. The Morgan fingerprint density at radius 2 is 1.68 bits per heavy atom. The average Bonchev–Trinajstić information content (AvgIpc) is 2.36. The zero-order valence-electron chi connectivity index (χ0n) is 12.8. The van der Waals surface area contributed by atoms with E-state index in [1.165, 1.54) is 12.0 Å². The minimum absolute atomic E-state index is 0.616. The van der Waals surface area contributed by atoms with Crippen molar-refractivity contribution in [2.45, 2.75) is 47.0 Å². The number of rotatable bonds is 6. The molecule has 1 aromatic carbocycles. The Balaban J connectivity index is 2.92. The lowest BCUT2D eigenvalue weighted by molar-refractivity contribution is -0.104. The van der Waals surface area contributed by atoms with Crippen molar-refractivity contribution in [3.05, 3.63) is 41.0 Å². The first kappa shape index (κ1) is 15.7. The summed E-state index contributed by atoms with van der Waals surface area (Å²) in [5, 5.41) is 0. The van der Waals surface area contributed by atoms with Crippen LogP contribution < -0.4 is 0 Å². The van der Waals surface area contributed by atoms with E-state index in [0.717, 1.165) is 17.4 Å². The molecular weight excluding hydrogens is 232 g/mol. The average molecular weight is 258 g/mol. The van der Waals surface area contributed by atoms with Crippen LogP contribution in [-0.4, -0.2) is 6.29 Å². The van der Waals surface area contributed by atoms with E-state index < -0.39 is 0 Å². The first-order valence-corrected chi connectivity index (χ1v) is 7.17. The van der Waals surface area contributed by atoms with Crippen molar-refractivity contribution in [2.24, 2.45) is 11.8 Å². The van der Waals surface area contributed by atoms with Gasteiger partial charge in [-0.3, -0.25) is 4.79 Å². The maximum atomic E-state index is 10.6. The predicted molar refractivity (Wildman–Crippen MR) is 83.2 cm³/mol. The van der Waals surface area contributed by atoms with Gasteiger partial charge >= 0.3 is 0 Å². The van der Waals surface area contributed by atoms with Crippen LogP contribution in [0.1, 0.15) is 58.1 Å². The molecule has 0 saturated heterocycles. The molecule has 104 valence electrons. The van der Waals surface area contributed by atoms with Gasteiger partial charge in [-0.1, -0.05) is 52.0 Å². The van der Waals surface area contributed by atoms with Crippen molar-refractivity contribution in [1.82, 2.24) is 0 Å². The summed E-state index contributed by atoms with van der Waals surface area (Å²) in [4.78, 5) is 10.6. The van der Waals surface area contributed by atoms with Gasteiger partial charge in [-0.15, -0.1) is 0 Å². The fourth-order valence-electron chi connectivity index (χ4n) is 2.44. The van der Waals surface area contributed by atoms with Crippen LogP contribution in [0.3, 0.4) is 0 Å². The third kappa shape index (κ3) is 5.02. The van der Waals surface area contributed by atoms with Crippen LogP contribution in [0, 0.1) is 11.8 Å². The number of carbonyl (C=O) groups is 1. The summed E-state index contributed by atoms with van der Waals surface area (Å²) >= 11 is 0. The molecule has 0 bridgehead atoms. The van der Waals surface area contributed by atoms with Gasteiger partial charge in [-0.25, -0.2) is 0 Å². The second kappa shape index (κ2) is 7.28. The van der Waals surface area contributed by atoms with Gasteiger partial charge in [-0.2, -0.15) is 0 Å². The molecule has 0 saturated carbocycles. The molecule has 0 aliphatic carbocycles. The van der Waals surface area contributed by atoms with Crippen molar-refractivity contribution in [2.75, 3.05) is 0 Å². The molecule has 1 nitrogen and oxygen atoms in total. The smallest absolute Gasteiger partial charge is 0.145 e. The van der Waals surface area contributed by atoms with Crippen LogP contribution in [0.2, 0.25) is 0 Å². The molecule has 1 unspecified atom stereocenters. The monoisotopic (exact) mass is 258 g/mol. The Morgan fingerprint density at radius 3 is 2.11 bits per heavy atom. The summed E-state index contributed by atoms with van der Waals surface area (Å²) in [6, 6.07) is 8.63. The van der Waals surface area contributed by atoms with Crippen molar-refractivity contribution in [3.8, 4) is 0 Å². The first-order valence-electron chi connectivity index (χ1n) is 7.17. The summed E-state index contributed by atoms with van der Waals surface area (Å²) < 4.78 is 0. The summed E-state index contributed by atoms with van der Waals surface area (Å²) in [7, 11) is 0. The Kier molecular flexibility index (Phi) is 6.01. The van der Waals surface area contributed by atoms with E-state index in [1.54, 1.807) is 0 Å². The van der Waals surface area contributed by atoms with E-state index in [1.807, 2.05) is 13.0 Å². The van der Waals surface area contributed by atoms with E-state index in [4.69, 9.17) is 0 Å². The highest BCUT2D eigenvalue weighted by atomic mass is 16.1. The largest absolute Gasteiger partial charge is 0.298 e. The number of carbonyl (C=O) groups excluding carboxylic acids is 1. The zero-order chi connectivity index (χ0) is 14.4. The summed E-state index contributed by atoms with van der Waals surface area (Å²) in [5.41, 5.74) is 3.26. The first-order chi connectivity index (χ1) is 8.93. The molecule has 0 aliphatic heterocycles. The van der Waals surface area contributed by atoms with Crippen molar-refractivity contribution in [1.29, 1.82) is 0 Å². The van der Waals surface area contributed by atoms with Gasteiger partial charge in [0.15, 0.2) is 0 Å². The number of benzene rings is 1. The predicted octanol–water partition coefficient (Wildman–Crippen LogP) is 5.07. The topological polar surface area (TPSA) is 17.1 Å². The lowest BCUT2D eigenvalue weighted by Gasteiger charge is -2.23. The highest BCUT2D eigenvalue weighted by molar-refractivity contribution is 5.80. The van der Waals surface area contributed by atoms with E-state index >= 15 is 0 Å². The highest BCUT2D eigenvalue weighted by Crippen LogP contribution is 2.31. The van der Waals surface area contributed by atoms with Crippen LogP contribution in [0.5, 0.6) is 0 Å². The molecular formula is C18H26O.